The maximum absolute atomic E-state index is 12.4. The summed E-state index contributed by atoms with van der Waals surface area (Å²) in [6.45, 7) is 2.49. The van der Waals surface area contributed by atoms with Crippen LogP contribution in [0.5, 0.6) is 5.75 Å². The number of carbonyl (C=O) groups is 1. The molecule has 0 bridgehead atoms. The fraction of sp³-hybridized carbons (Fsp3) is 0.278. The first-order valence-electron chi connectivity index (χ1n) is 7.47. The Kier molecular flexibility index (Phi) is 4.34. The average molecular weight is 316 g/mol. The Labute approximate surface area is 135 Å². The van der Waals surface area contributed by atoms with Crippen LogP contribution in [0.25, 0.3) is 0 Å². The first kappa shape index (κ1) is 14.9. The van der Waals surface area contributed by atoms with Gasteiger partial charge in [0.15, 0.2) is 0 Å². The minimum absolute atomic E-state index is 0.0189. The second-order valence-electron chi connectivity index (χ2n) is 5.39. The summed E-state index contributed by atoms with van der Waals surface area (Å²) < 4.78 is 5.53. The molecule has 22 heavy (non-hydrogen) atoms. The third kappa shape index (κ3) is 3.09. The van der Waals surface area contributed by atoms with Gasteiger partial charge in [-0.2, -0.15) is 0 Å². The highest BCUT2D eigenvalue weighted by molar-refractivity contribution is 6.31. The normalized spacial score (nSPS) is 19.5. The molecular formula is C18H18ClNO2. The molecule has 1 aliphatic carbocycles. The molecule has 114 valence electrons. The first-order chi connectivity index (χ1) is 10.7. The molecule has 2 aromatic rings. The van der Waals surface area contributed by atoms with E-state index in [9.17, 15) is 4.79 Å². The SMILES string of the molecule is CCOc1ccccc1NC(=O)C1CC1c1ccccc1Cl. The molecule has 1 aliphatic rings. The van der Waals surface area contributed by atoms with E-state index in [-0.39, 0.29) is 17.7 Å². The summed E-state index contributed by atoms with van der Waals surface area (Å²) in [6, 6.07) is 15.2. The van der Waals surface area contributed by atoms with E-state index >= 15 is 0 Å². The van der Waals surface area contributed by atoms with Crippen LogP contribution in [0.2, 0.25) is 5.02 Å². The number of anilines is 1. The van der Waals surface area contributed by atoms with Crippen molar-refractivity contribution in [3.63, 3.8) is 0 Å². The van der Waals surface area contributed by atoms with Crippen LogP contribution in [-0.4, -0.2) is 12.5 Å². The predicted octanol–water partition coefficient (Wildman–Crippen LogP) is 4.48. The number of para-hydroxylation sites is 2. The van der Waals surface area contributed by atoms with Crippen LogP contribution in [0.1, 0.15) is 24.8 Å². The smallest absolute Gasteiger partial charge is 0.228 e. The number of hydrogen-bond acceptors (Lipinski definition) is 2. The molecule has 0 heterocycles. The Morgan fingerprint density at radius 1 is 1.23 bits per heavy atom. The number of nitrogens with one attached hydrogen (secondary N) is 1. The average Bonchev–Trinajstić information content (AvgIpc) is 3.30. The van der Waals surface area contributed by atoms with Crippen molar-refractivity contribution >= 4 is 23.2 Å². The molecule has 3 nitrogen and oxygen atoms in total. The van der Waals surface area contributed by atoms with Crippen molar-refractivity contribution in [3.8, 4) is 5.75 Å². The van der Waals surface area contributed by atoms with E-state index in [1.165, 1.54) is 0 Å². The van der Waals surface area contributed by atoms with Crippen molar-refractivity contribution in [1.29, 1.82) is 0 Å². The second-order valence-corrected chi connectivity index (χ2v) is 5.80. The number of ether oxygens (including phenoxy) is 1. The summed E-state index contributed by atoms with van der Waals surface area (Å²) in [7, 11) is 0. The van der Waals surface area contributed by atoms with Gasteiger partial charge in [0, 0.05) is 10.9 Å². The Hall–Kier alpha value is -2.00. The second kappa shape index (κ2) is 6.41. The Balaban J connectivity index is 1.69. The molecule has 1 saturated carbocycles. The van der Waals surface area contributed by atoms with Crippen molar-refractivity contribution in [2.24, 2.45) is 5.92 Å². The zero-order valence-electron chi connectivity index (χ0n) is 12.4. The molecule has 2 aromatic carbocycles. The minimum atomic E-state index is -0.0189. The van der Waals surface area contributed by atoms with Crippen LogP contribution in [-0.2, 0) is 4.79 Å². The summed E-state index contributed by atoms with van der Waals surface area (Å²) >= 11 is 6.20. The highest BCUT2D eigenvalue weighted by Crippen LogP contribution is 2.50. The third-order valence-corrected chi connectivity index (χ3v) is 4.22. The van der Waals surface area contributed by atoms with E-state index in [0.717, 1.165) is 22.7 Å². The largest absolute Gasteiger partial charge is 0.492 e. The first-order valence-corrected chi connectivity index (χ1v) is 7.85. The van der Waals surface area contributed by atoms with Gasteiger partial charge < -0.3 is 10.1 Å². The van der Waals surface area contributed by atoms with Crippen LogP contribution in [0.4, 0.5) is 5.69 Å². The van der Waals surface area contributed by atoms with E-state index < -0.39 is 0 Å². The molecule has 1 amide bonds. The van der Waals surface area contributed by atoms with Crippen LogP contribution in [0, 0.1) is 5.92 Å². The molecule has 0 spiro atoms. The van der Waals surface area contributed by atoms with E-state index in [0.29, 0.717) is 12.4 Å². The predicted molar refractivity (Wildman–Crippen MR) is 88.5 cm³/mol. The molecule has 0 saturated heterocycles. The van der Waals surface area contributed by atoms with E-state index in [2.05, 4.69) is 5.32 Å². The van der Waals surface area contributed by atoms with Crippen LogP contribution < -0.4 is 10.1 Å². The molecule has 4 heteroatoms. The molecule has 1 N–H and O–H groups in total. The molecule has 0 radical (unpaired) electrons. The zero-order chi connectivity index (χ0) is 15.5. The Morgan fingerprint density at radius 3 is 2.73 bits per heavy atom. The maximum atomic E-state index is 12.4. The van der Waals surface area contributed by atoms with Crippen molar-refractivity contribution < 1.29 is 9.53 Å². The lowest BCUT2D eigenvalue weighted by Gasteiger charge is -2.11. The topological polar surface area (TPSA) is 38.3 Å². The fourth-order valence-electron chi connectivity index (χ4n) is 2.68. The van der Waals surface area contributed by atoms with Crippen molar-refractivity contribution in [3.05, 3.63) is 59.1 Å². The lowest BCUT2D eigenvalue weighted by Crippen LogP contribution is -2.15. The van der Waals surface area contributed by atoms with Gasteiger partial charge in [-0.25, -0.2) is 0 Å². The van der Waals surface area contributed by atoms with Gasteiger partial charge in [-0.05, 0) is 43.0 Å². The summed E-state index contributed by atoms with van der Waals surface area (Å²) in [5.74, 6) is 0.924. The van der Waals surface area contributed by atoms with Gasteiger partial charge in [0.1, 0.15) is 5.75 Å². The monoisotopic (exact) mass is 315 g/mol. The number of hydrogen-bond donors (Lipinski definition) is 1. The highest BCUT2D eigenvalue weighted by atomic mass is 35.5. The van der Waals surface area contributed by atoms with Gasteiger partial charge in [0.2, 0.25) is 5.91 Å². The number of halogens is 1. The van der Waals surface area contributed by atoms with Crippen molar-refractivity contribution in [2.75, 3.05) is 11.9 Å². The number of carbonyl (C=O) groups excluding carboxylic acids is 1. The molecular weight excluding hydrogens is 298 g/mol. The van der Waals surface area contributed by atoms with Crippen molar-refractivity contribution in [1.82, 2.24) is 0 Å². The summed E-state index contributed by atoms with van der Waals surface area (Å²) in [5, 5.41) is 3.70. The highest BCUT2D eigenvalue weighted by Gasteiger charge is 2.44. The van der Waals surface area contributed by atoms with Crippen LogP contribution in [0.3, 0.4) is 0 Å². The van der Waals surface area contributed by atoms with E-state index in [4.69, 9.17) is 16.3 Å². The standard InChI is InChI=1S/C18H18ClNO2/c1-2-22-17-10-6-5-9-16(17)20-18(21)14-11-13(14)12-7-3-4-8-15(12)19/h3-10,13-14H,2,11H2,1H3,(H,20,21). The molecule has 0 aliphatic heterocycles. The van der Waals surface area contributed by atoms with Gasteiger partial charge in [0.05, 0.1) is 12.3 Å². The summed E-state index contributed by atoms with van der Waals surface area (Å²) in [4.78, 5) is 12.4. The molecule has 2 unspecified atom stereocenters. The molecule has 3 rings (SSSR count). The van der Waals surface area contributed by atoms with Gasteiger partial charge in [-0.1, -0.05) is 41.9 Å². The number of amides is 1. The quantitative estimate of drug-likeness (QED) is 0.883. The lowest BCUT2D eigenvalue weighted by atomic mass is 10.1. The molecule has 0 aromatic heterocycles. The lowest BCUT2D eigenvalue weighted by molar-refractivity contribution is -0.117. The van der Waals surface area contributed by atoms with Gasteiger partial charge in [0.25, 0.3) is 0 Å². The fourth-order valence-corrected chi connectivity index (χ4v) is 2.96. The Bertz CT molecular complexity index is 686. The van der Waals surface area contributed by atoms with E-state index in [1.54, 1.807) is 0 Å². The van der Waals surface area contributed by atoms with Gasteiger partial charge in [-0.3, -0.25) is 4.79 Å². The van der Waals surface area contributed by atoms with Crippen molar-refractivity contribution in [2.45, 2.75) is 19.3 Å². The maximum Gasteiger partial charge on any atom is 0.228 e. The van der Waals surface area contributed by atoms with Gasteiger partial charge in [-0.15, -0.1) is 0 Å². The Morgan fingerprint density at radius 2 is 1.95 bits per heavy atom. The summed E-state index contributed by atoms with van der Waals surface area (Å²) in [6.07, 6.45) is 0.840. The summed E-state index contributed by atoms with van der Waals surface area (Å²) in [5.41, 5.74) is 1.78. The van der Waals surface area contributed by atoms with Crippen LogP contribution >= 0.6 is 11.6 Å². The van der Waals surface area contributed by atoms with Gasteiger partial charge >= 0.3 is 0 Å². The number of benzene rings is 2. The molecule has 2 atom stereocenters. The minimum Gasteiger partial charge on any atom is -0.492 e. The van der Waals surface area contributed by atoms with Crippen LogP contribution in [0.15, 0.2) is 48.5 Å². The number of rotatable bonds is 5. The van der Waals surface area contributed by atoms with E-state index in [1.807, 2.05) is 55.5 Å². The molecule has 1 fully saturated rings. The zero-order valence-corrected chi connectivity index (χ0v) is 13.1. The third-order valence-electron chi connectivity index (χ3n) is 3.88.